The van der Waals surface area contributed by atoms with Crippen molar-refractivity contribution in [1.82, 2.24) is 9.97 Å². The molecule has 2 aliphatic rings. The predicted molar refractivity (Wildman–Crippen MR) is 215 cm³/mol. The molecule has 6 rings (SSSR count). The first kappa shape index (κ1) is 41.8. The van der Waals surface area contributed by atoms with E-state index < -0.39 is 35.5 Å². The summed E-state index contributed by atoms with van der Waals surface area (Å²) in [6, 6.07) is 12.0. The van der Waals surface area contributed by atoms with Gasteiger partial charge in [-0.3, -0.25) is 0 Å². The Kier molecular flexibility index (Phi) is 14.4. The minimum absolute atomic E-state index is 0. The number of rotatable bonds is 4. The Bertz CT molecular complexity index is 1960. The Balaban J connectivity index is 0.000000216. The van der Waals surface area contributed by atoms with Crippen LogP contribution in [0.15, 0.2) is 51.8 Å². The Hall–Kier alpha value is -2.64. The quantitative estimate of drug-likeness (QED) is 0.0837. The van der Waals surface area contributed by atoms with Crippen molar-refractivity contribution < 1.29 is 38.1 Å². The van der Waals surface area contributed by atoms with Gasteiger partial charge in [0.05, 0.1) is 34.7 Å². The van der Waals surface area contributed by atoms with Gasteiger partial charge in [-0.25, -0.2) is 29.1 Å². The fraction of sp³-hybridized carbons (Fsp3) is 0.353. The molecule has 0 N–H and O–H groups in total. The topological polar surface area (TPSA) is 131 Å². The van der Waals surface area contributed by atoms with Crippen molar-refractivity contribution in [3.8, 4) is 0 Å². The molecule has 2 aromatic heterocycles. The molecule has 0 aliphatic carbocycles. The van der Waals surface area contributed by atoms with Crippen LogP contribution < -0.4 is 0 Å². The van der Waals surface area contributed by atoms with Crippen LogP contribution in [0.5, 0.6) is 0 Å². The molecule has 0 bridgehead atoms. The number of esters is 4. The van der Waals surface area contributed by atoms with Gasteiger partial charge in [0.1, 0.15) is 0 Å². The van der Waals surface area contributed by atoms with Gasteiger partial charge in [-0.2, -0.15) is 0 Å². The number of fused-ring (bicyclic) bond motifs is 2. The zero-order chi connectivity index (χ0) is 36.3. The second-order valence-corrected chi connectivity index (χ2v) is 17.5. The number of aromatic nitrogens is 2. The predicted octanol–water partition coefficient (Wildman–Crippen LogP) is 9.12. The molecule has 0 atom stereocenters. The minimum atomic E-state index is -1.24. The smallest absolute Gasteiger partial charge is 0.350 e. The van der Waals surface area contributed by atoms with Gasteiger partial charge in [0.15, 0.2) is 11.1 Å². The summed E-state index contributed by atoms with van der Waals surface area (Å²) in [6.07, 6.45) is 5.39. The molecule has 268 valence electrons. The maximum atomic E-state index is 12.3. The number of cyclic esters (lactones) is 4. The fourth-order valence-electron chi connectivity index (χ4n) is 4.50. The van der Waals surface area contributed by atoms with Gasteiger partial charge < -0.3 is 18.9 Å². The van der Waals surface area contributed by atoms with Crippen LogP contribution in [-0.4, -0.2) is 64.2 Å². The lowest BCUT2D eigenvalue weighted by Gasteiger charge is -2.30. The average molecular weight is 889 g/mol. The van der Waals surface area contributed by atoms with Crippen LogP contribution in [0.3, 0.4) is 0 Å². The van der Waals surface area contributed by atoms with E-state index in [0.29, 0.717) is 9.14 Å². The Morgan fingerprint density at radius 2 is 1.08 bits per heavy atom. The molecule has 2 saturated heterocycles. The second kappa shape index (κ2) is 17.3. The van der Waals surface area contributed by atoms with Gasteiger partial charge >= 0.3 is 23.9 Å². The molecule has 16 heteroatoms. The van der Waals surface area contributed by atoms with E-state index in [9.17, 15) is 19.2 Å². The lowest BCUT2D eigenvalue weighted by atomic mass is 10.1. The van der Waals surface area contributed by atoms with Crippen LogP contribution in [-0.2, 0) is 38.1 Å². The average Bonchev–Trinajstić information content (AvgIpc) is 3.55. The molecular formula is C34H37IN2O8S5. The van der Waals surface area contributed by atoms with Gasteiger partial charge in [0.2, 0.25) is 0 Å². The summed E-state index contributed by atoms with van der Waals surface area (Å²) < 4.78 is 24.5. The summed E-state index contributed by atoms with van der Waals surface area (Å²) in [5.74, 6) is -4.95. The van der Waals surface area contributed by atoms with Crippen molar-refractivity contribution in [3.63, 3.8) is 0 Å². The van der Waals surface area contributed by atoms with Crippen molar-refractivity contribution >= 4 is 130 Å². The highest BCUT2D eigenvalue weighted by Crippen LogP contribution is 2.37. The van der Waals surface area contributed by atoms with E-state index in [0.717, 1.165) is 31.3 Å². The summed E-state index contributed by atoms with van der Waals surface area (Å²) in [7, 11) is 0. The summed E-state index contributed by atoms with van der Waals surface area (Å²) in [4.78, 5) is 57.0. The van der Waals surface area contributed by atoms with Gasteiger partial charge in [0, 0.05) is 36.2 Å². The summed E-state index contributed by atoms with van der Waals surface area (Å²) >= 11 is 9.60. The molecule has 0 spiro atoms. The van der Waals surface area contributed by atoms with Crippen LogP contribution in [0.4, 0.5) is 0 Å². The third kappa shape index (κ3) is 10.2. The first-order chi connectivity index (χ1) is 23.0. The third-order valence-corrected chi connectivity index (χ3v) is 11.9. The highest BCUT2D eigenvalue weighted by atomic mass is 127. The number of thioether (sulfide) groups is 3. The first-order valence-electron chi connectivity index (χ1n) is 14.4. The van der Waals surface area contributed by atoms with E-state index in [1.165, 1.54) is 71.3 Å². The van der Waals surface area contributed by atoms with E-state index in [1.54, 1.807) is 35.2 Å². The van der Waals surface area contributed by atoms with Crippen LogP contribution >= 0.6 is 80.6 Å². The number of carbonyl (C=O) groups is 4. The van der Waals surface area contributed by atoms with Gasteiger partial charge in [-0.05, 0) is 91.1 Å². The normalized spacial score (nSPS) is 16.1. The largest absolute Gasteiger partial charge is 0.419 e. The number of carbonyl (C=O) groups excluding carboxylic acids is 4. The van der Waals surface area contributed by atoms with E-state index in [4.69, 9.17) is 18.9 Å². The van der Waals surface area contributed by atoms with Gasteiger partial charge in [-0.15, -0.1) is 58.0 Å². The molecule has 4 heterocycles. The van der Waals surface area contributed by atoms with Crippen LogP contribution in [0.2, 0.25) is 0 Å². The first-order valence-corrected chi connectivity index (χ1v) is 20.8. The summed E-state index contributed by atoms with van der Waals surface area (Å²) in [5.41, 5.74) is 2.73. The number of benzene rings is 2. The molecule has 0 unspecified atom stereocenters. The molecular weight excluding hydrogens is 852 g/mol. The van der Waals surface area contributed by atoms with Crippen molar-refractivity contribution in [3.05, 3.63) is 70.9 Å². The summed E-state index contributed by atoms with van der Waals surface area (Å²) in [6.45, 7) is 10.1. The van der Waals surface area contributed by atoms with E-state index in [1.807, 2.05) is 38.3 Å². The summed E-state index contributed by atoms with van der Waals surface area (Å²) in [5, 5.41) is 2.11. The van der Waals surface area contributed by atoms with E-state index in [-0.39, 0.29) is 18.6 Å². The molecule has 2 fully saturated rings. The zero-order valence-corrected chi connectivity index (χ0v) is 34.3. The molecule has 4 aromatic rings. The molecule has 10 nitrogen and oxygen atoms in total. The highest BCUT2D eigenvalue weighted by Gasteiger charge is 2.42. The number of thiazole rings is 2. The number of hydrogen-bond donors (Lipinski definition) is 0. The SMILES string of the molecule is C.CSC(=C1C(=O)OC(C)(C)OC1=O)c1ccc2nc(C)sc2c1.CSC(SC)=C1C(=O)OC(C)(C)OC1=O.Cc1nc2ccc(I)cc2s1. The number of nitrogens with zero attached hydrogens (tertiary/aromatic N) is 2. The zero-order valence-electron chi connectivity index (χ0n) is 28.0. The maximum Gasteiger partial charge on any atom is 0.350 e. The Labute approximate surface area is 325 Å². The number of ether oxygens (including phenoxy) is 4. The molecule has 50 heavy (non-hydrogen) atoms. The van der Waals surface area contributed by atoms with E-state index in [2.05, 4.69) is 50.8 Å². The van der Waals surface area contributed by atoms with Crippen LogP contribution in [0, 0.1) is 17.4 Å². The van der Waals surface area contributed by atoms with Crippen molar-refractivity contribution in [2.45, 2.75) is 60.5 Å². The minimum Gasteiger partial charge on any atom is -0.419 e. The standard InChI is InChI=1S/C16H15NO4S2.C9H12O4S2.C8H6INS.CH4/c1-8-17-10-6-5-9(7-11(10)23-8)13(22-4)12-14(18)20-16(2,3)21-15(12)19;1-9(2)12-6(10)5(7(11)13-9)8(14-3)15-4;1-5-10-7-3-2-6(9)4-8(7)11-5;/h5-7H,1-4H3;1-4H3;2-4H,1H3;1H4. The van der Waals surface area contributed by atoms with E-state index >= 15 is 0 Å². The monoisotopic (exact) mass is 888 g/mol. The van der Waals surface area contributed by atoms with Gasteiger partial charge in [0.25, 0.3) is 11.6 Å². The van der Waals surface area contributed by atoms with Crippen LogP contribution in [0.25, 0.3) is 25.3 Å². The third-order valence-electron chi connectivity index (χ3n) is 6.39. The molecule has 0 radical (unpaired) electrons. The fourth-order valence-corrected chi connectivity index (χ4v) is 9.08. The van der Waals surface area contributed by atoms with Crippen molar-refractivity contribution in [2.75, 3.05) is 18.8 Å². The maximum absolute atomic E-state index is 12.3. The molecule has 2 aromatic carbocycles. The van der Waals surface area contributed by atoms with Crippen molar-refractivity contribution in [2.24, 2.45) is 0 Å². The molecule has 0 saturated carbocycles. The molecule has 0 amide bonds. The van der Waals surface area contributed by atoms with Crippen LogP contribution in [0.1, 0.15) is 50.7 Å². The van der Waals surface area contributed by atoms with Gasteiger partial charge in [-0.1, -0.05) is 13.5 Å². The highest BCUT2D eigenvalue weighted by molar-refractivity contribution is 14.1. The Morgan fingerprint density at radius 1 is 0.660 bits per heavy atom. The molecule has 2 aliphatic heterocycles. The Morgan fingerprint density at radius 3 is 1.52 bits per heavy atom. The van der Waals surface area contributed by atoms with Crippen molar-refractivity contribution in [1.29, 1.82) is 0 Å². The number of halogens is 1. The number of hydrogen-bond acceptors (Lipinski definition) is 15. The lowest BCUT2D eigenvalue weighted by Crippen LogP contribution is -2.42. The lowest BCUT2D eigenvalue weighted by molar-refractivity contribution is -0.224. The number of aryl methyl sites for hydroxylation is 2. The second-order valence-electron chi connectivity index (χ2n) is 11.1.